The summed E-state index contributed by atoms with van der Waals surface area (Å²) in [4.78, 5) is 13.6. The third-order valence-electron chi connectivity index (χ3n) is 2.10. The Balaban J connectivity index is 4.49. The SMILES string of the molecule is COCCN(C(=O)OC(C)(C)C)C(C)COC. The average molecular weight is 247 g/mol. The van der Waals surface area contributed by atoms with E-state index in [1.54, 1.807) is 19.1 Å². The number of hydrogen-bond acceptors (Lipinski definition) is 4. The van der Waals surface area contributed by atoms with Crippen molar-refractivity contribution in [2.24, 2.45) is 0 Å². The molecule has 17 heavy (non-hydrogen) atoms. The van der Waals surface area contributed by atoms with E-state index in [4.69, 9.17) is 14.2 Å². The van der Waals surface area contributed by atoms with Crippen LogP contribution in [0.25, 0.3) is 0 Å². The molecule has 0 N–H and O–H groups in total. The highest BCUT2D eigenvalue weighted by atomic mass is 16.6. The van der Waals surface area contributed by atoms with E-state index < -0.39 is 5.60 Å². The first-order chi connectivity index (χ1) is 7.81. The Morgan fingerprint density at radius 1 is 1.24 bits per heavy atom. The van der Waals surface area contributed by atoms with Gasteiger partial charge in [0.05, 0.1) is 19.3 Å². The highest BCUT2D eigenvalue weighted by Gasteiger charge is 2.25. The summed E-state index contributed by atoms with van der Waals surface area (Å²) in [7, 11) is 3.22. The van der Waals surface area contributed by atoms with E-state index in [-0.39, 0.29) is 12.1 Å². The van der Waals surface area contributed by atoms with E-state index >= 15 is 0 Å². The molecule has 0 rings (SSSR count). The molecule has 5 nitrogen and oxygen atoms in total. The lowest BCUT2D eigenvalue weighted by molar-refractivity contribution is 0.00259. The van der Waals surface area contributed by atoms with Crippen LogP contribution in [0.1, 0.15) is 27.7 Å². The number of amides is 1. The van der Waals surface area contributed by atoms with Gasteiger partial charge in [0.15, 0.2) is 0 Å². The second-order valence-corrected chi connectivity index (χ2v) is 4.97. The summed E-state index contributed by atoms with van der Waals surface area (Å²) < 4.78 is 15.4. The minimum Gasteiger partial charge on any atom is -0.444 e. The molecule has 0 heterocycles. The maximum atomic E-state index is 12.0. The summed E-state index contributed by atoms with van der Waals surface area (Å²) in [5, 5.41) is 0. The fraction of sp³-hybridized carbons (Fsp3) is 0.917. The first kappa shape index (κ1) is 16.2. The van der Waals surface area contributed by atoms with Crippen LogP contribution < -0.4 is 0 Å². The largest absolute Gasteiger partial charge is 0.444 e. The van der Waals surface area contributed by atoms with E-state index in [2.05, 4.69) is 0 Å². The fourth-order valence-corrected chi connectivity index (χ4v) is 1.33. The summed E-state index contributed by atoms with van der Waals surface area (Å²) in [5.74, 6) is 0. The van der Waals surface area contributed by atoms with Crippen molar-refractivity contribution < 1.29 is 19.0 Å². The van der Waals surface area contributed by atoms with Gasteiger partial charge in [0.1, 0.15) is 5.60 Å². The Morgan fingerprint density at radius 3 is 2.24 bits per heavy atom. The van der Waals surface area contributed by atoms with Crippen molar-refractivity contribution in [3.8, 4) is 0 Å². The number of nitrogens with zero attached hydrogens (tertiary/aromatic N) is 1. The molecule has 0 saturated carbocycles. The van der Waals surface area contributed by atoms with Crippen molar-refractivity contribution in [2.45, 2.75) is 39.3 Å². The van der Waals surface area contributed by atoms with E-state index in [9.17, 15) is 4.79 Å². The van der Waals surface area contributed by atoms with E-state index in [1.165, 1.54) is 0 Å². The molecule has 0 aromatic rings. The number of carbonyl (C=O) groups excluding carboxylic acids is 1. The Morgan fingerprint density at radius 2 is 1.82 bits per heavy atom. The van der Waals surface area contributed by atoms with Crippen LogP contribution >= 0.6 is 0 Å². The monoisotopic (exact) mass is 247 g/mol. The zero-order chi connectivity index (χ0) is 13.5. The van der Waals surface area contributed by atoms with Crippen molar-refractivity contribution in [1.29, 1.82) is 0 Å². The predicted octanol–water partition coefficient (Wildman–Crippen LogP) is 1.90. The number of methoxy groups -OCH3 is 2. The molecule has 0 aromatic heterocycles. The minimum absolute atomic E-state index is 0.0370. The van der Waals surface area contributed by atoms with Crippen molar-refractivity contribution >= 4 is 6.09 Å². The van der Waals surface area contributed by atoms with Gasteiger partial charge in [0.2, 0.25) is 0 Å². The summed E-state index contributed by atoms with van der Waals surface area (Å²) >= 11 is 0. The third-order valence-corrected chi connectivity index (χ3v) is 2.10. The zero-order valence-corrected chi connectivity index (χ0v) is 11.8. The molecule has 0 spiro atoms. The molecule has 1 amide bonds. The lowest BCUT2D eigenvalue weighted by Crippen LogP contribution is -2.45. The number of rotatable bonds is 6. The molecule has 0 aliphatic carbocycles. The number of hydrogen-bond donors (Lipinski definition) is 0. The van der Waals surface area contributed by atoms with Crippen molar-refractivity contribution in [2.75, 3.05) is 34.0 Å². The molecule has 1 atom stereocenters. The Labute approximate surface area is 104 Å². The molecule has 1 unspecified atom stereocenters. The standard InChI is InChI=1S/C12H25NO4/c1-10(9-16-6)13(7-8-15-5)11(14)17-12(2,3)4/h10H,7-9H2,1-6H3. The van der Waals surface area contributed by atoms with Crippen LogP contribution in [0.3, 0.4) is 0 Å². The number of ether oxygens (including phenoxy) is 3. The van der Waals surface area contributed by atoms with Crippen LogP contribution in [0, 0.1) is 0 Å². The highest BCUT2D eigenvalue weighted by Crippen LogP contribution is 2.12. The van der Waals surface area contributed by atoms with Crippen LogP contribution in [-0.2, 0) is 14.2 Å². The lowest BCUT2D eigenvalue weighted by atomic mass is 10.2. The molecular formula is C12H25NO4. The normalized spacial score (nSPS) is 13.3. The van der Waals surface area contributed by atoms with E-state index in [1.807, 2.05) is 27.7 Å². The smallest absolute Gasteiger partial charge is 0.410 e. The van der Waals surface area contributed by atoms with Crippen LogP contribution in [0.15, 0.2) is 0 Å². The van der Waals surface area contributed by atoms with E-state index in [0.29, 0.717) is 19.8 Å². The highest BCUT2D eigenvalue weighted by molar-refractivity contribution is 5.68. The summed E-state index contributed by atoms with van der Waals surface area (Å²) in [6, 6.07) is -0.0370. The molecule has 0 aromatic carbocycles. The second-order valence-electron chi connectivity index (χ2n) is 4.97. The van der Waals surface area contributed by atoms with Gasteiger partial charge in [0.25, 0.3) is 0 Å². The molecule has 5 heteroatoms. The van der Waals surface area contributed by atoms with Gasteiger partial charge >= 0.3 is 6.09 Å². The Kier molecular flexibility index (Phi) is 7.15. The fourth-order valence-electron chi connectivity index (χ4n) is 1.33. The van der Waals surface area contributed by atoms with E-state index in [0.717, 1.165) is 0 Å². The Hall–Kier alpha value is -0.810. The molecule has 0 fully saturated rings. The Bertz CT molecular complexity index is 225. The molecule has 0 aliphatic heterocycles. The topological polar surface area (TPSA) is 48.0 Å². The maximum absolute atomic E-state index is 12.0. The summed E-state index contributed by atoms with van der Waals surface area (Å²) in [6.07, 6.45) is -0.334. The van der Waals surface area contributed by atoms with Gasteiger partial charge in [-0.1, -0.05) is 0 Å². The van der Waals surface area contributed by atoms with Crippen molar-refractivity contribution in [1.82, 2.24) is 4.90 Å². The van der Waals surface area contributed by atoms with Gasteiger partial charge in [-0.2, -0.15) is 0 Å². The molecule has 0 bridgehead atoms. The first-order valence-corrected chi connectivity index (χ1v) is 5.79. The van der Waals surface area contributed by atoms with Crippen LogP contribution in [0.5, 0.6) is 0 Å². The molecule has 0 saturated heterocycles. The summed E-state index contributed by atoms with van der Waals surface area (Å²) in [5.41, 5.74) is -0.491. The molecule has 0 radical (unpaired) electrons. The van der Waals surface area contributed by atoms with Crippen LogP contribution in [0.2, 0.25) is 0 Å². The van der Waals surface area contributed by atoms with Gasteiger partial charge < -0.3 is 19.1 Å². The van der Waals surface area contributed by atoms with Crippen LogP contribution in [-0.4, -0.2) is 56.6 Å². The lowest BCUT2D eigenvalue weighted by Gasteiger charge is -2.31. The van der Waals surface area contributed by atoms with Crippen molar-refractivity contribution in [3.05, 3.63) is 0 Å². The average Bonchev–Trinajstić information content (AvgIpc) is 2.15. The van der Waals surface area contributed by atoms with Gasteiger partial charge in [-0.25, -0.2) is 4.79 Å². The van der Waals surface area contributed by atoms with Gasteiger partial charge in [-0.15, -0.1) is 0 Å². The van der Waals surface area contributed by atoms with Gasteiger partial charge in [-0.3, -0.25) is 0 Å². The minimum atomic E-state index is -0.491. The van der Waals surface area contributed by atoms with Crippen LogP contribution in [0.4, 0.5) is 4.79 Å². The first-order valence-electron chi connectivity index (χ1n) is 5.79. The quantitative estimate of drug-likeness (QED) is 0.719. The zero-order valence-electron chi connectivity index (χ0n) is 11.8. The van der Waals surface area contributed by atoms with Crippen molar-refractivity contribution in [3.63, 3.8) is 0 Å². The molecule has 0 aliphatic rings. The second kappa shape index (κ2) is 7.50. The molecular weight excluding hydrogens is 222 g/mol. The van der Waals surface area contributed by atoms with Gasteiger partial charge in [-0.05, 0) is 27.7 Å². The number of carbonyl (C=O) groups is 1. The van der Waals surface area contributed by atoms with Gasteiger partial charge in [0, 0.05) is 20.8 Å². The summed E-state index contributed by atoms with van der Waals surface area (Å²) in [6.45, 7) is 8.91. The predicted molar refractivity (Wildman–Crippen MR) is 66.2 cm³/mol. The third kappa shape index (κ3) is 7.18. The molecule has 102 valence electrons. The maximum Gasteiger partial charge on any atom is 0.410 e.